The summed E-state index contributed by atoms with van der Waals surface area (Å²) in [6.07, 6.45) is 0. The van der Waals surface area contributed by atoms with Crippen LogP contribution in [0.5, 0.6) is 0 Å². The Bertz CT molecular complexity index is 838. The zero-order valence-corrected chi connectivity index (χ0v) is 12.8. The fraction of sp³-hybridized carbons (Fsp3) is 0.125. The van der Waals surface area contributed by atoms with Gasteiger partial charge < -0.3 is 9.73 Å². The maximum atomic E-state index is 13.1. The molecule has 0 atom stereocenters. The van der Waals surface area contributed by atoms with E-state index in [2.05, 4.69) is 10.3 Å². The number of halogens is 1. The molecular formula is C16H13FN2O2S. The number of hydrogen-bond acceptors (Lipinski definition) is 4. The molecule has 112 valence electrons. The van der Waals surface area contributed by atoms with Crippen LogP contribution in [0.25, 0.3) is 10.8 Å². The highest BCUT2D eigenvalue weighted by atomic mass is 32.1. The van der Waals surface area contributed by atoms with E-state index < -0.39 is 0 Å². The Balaban J connectivity index is 1.79. The molecule has 0 unspecified atom stereocenters. The molecule has 3 rings (SSSR count). The maximum Gasteiger partial charge on any atom is 0.275 e. The Morgan fingerprint density at radius 3 is 2.77 bits per heavy atom. The van der Waals surface area contributed by atoms with E-state index in [-0.39, 0.29) is 11.7 Å². The third-order valence-electron chi connectivity index (χ3n) is 3.12. The summed E-state index contributed by atoms with van der Waals surface area (Å²) in [7, 11) is 0. The van der Waals surface area contributed by atoms with Crippen molar-refractivity contribution in [1.29, 1.82) is 0 Å². The van der Waals surface area contributed by atoms with Gasteiger partial charge in [0.2, 0.25) is 0 Å². The van der Waals surface area contributed by atoms with E-state index in [4.69, 9.17) is 4.42 Å². The van der Waals surface area contributed by atoms with Crippen LogP contribution in [0.15, 0.2) is 40.1 Å². The Kier molecular flexibility index (Phi) is 3.77. The van der Waals surface area contributed by atoms with Gasteiger partial charge in [0.15, 0.2) is 10.8 Å². The average Bonchev–Trinajstić information content (AvgIpc) is 3.10. The summed E-state index contributed by atoms with van der Waals surface area (Å²) in [6, 6.07) is 7.87. The molecule has 22 heavy (non-hydrogen) atoms. The second kappa shape index (κ2) is 5.73. The van der Waals surface area contributed by atoms with Gasteiger partial charge in [0.1, 0.15) is 17.3 Å². The van der Waals surface area contributed by atoms with Gasteiger partial charge in [-0.25, -0.2) is 9.37 Å². The van der Waals surface area contributed by atoms with Gasteiger partial charge in [0.05, 0.1) is 0 Å². The molecule has 0 saturated heterocycles. The molecule has 0 spiro atoms. The lowest BCUT2D eigenvalue weighted by atomic mass is 10.2. The van der Waals surface area contributed by atoms with Crippen LogP contribution < -0.4 is 5.32 Å². The number of rotatable bonds is 3. The molecule has 0 aliphatic rings. The summed E-state index contributed by atoms with van der Waals surface area (Å²) < 4.78 is 18.6. The number of carbonyl (C=O) groups is 1. The van der Waals surface area contributed by atoms with Crippen LogP contribution in [0.2, 0.25) is 0 Å². The molecule has 1 N–H and O–H groups in total. The van der Waals surface area contributed by atoms with Crippen LogP contribution >= 0.6 is 11.3 Å². The number of thiazole rings is 1. The molecular weight excluding hydrogens is 303 g/mol. The lowest BCUT2D eigenvalue weighted by molar-refractivity contribution is 0.102. The first-order chi connectivity index (χ1) is 10.5. The summed E-state index contributed by atoms with van der Waals surface area (Å²) in [5, 5.41) is 5.05. The van der Waals surface area contributed by atoms with Gasteiger partial charge in [-0.05, 0) is 49.7 Å². The quantitative estimate of drug-likeness (QED) is 0.778. The standard InChI is InChI=1S/C16H13FN2O2S/c1-9-7-11(17)4-5-12(9)18-15(20)13-8-22-16(19-13)14-6-3-10(2)21-14/h3-8H,1-2H3,(H,18,20). The number of hydrogen-bond donors (Lipinski definition) is 1. The molecule has 0 saturated carbocycles. The fourth-order valence-electron chi connectivity index (χ4n) is 1.99. The first kappa shape index (κ1) is 14.5. The van der Waals surface area contributed by atoms with E-state index in [9.17, 15) is 9.18 Å². The highest BCUT2D eigenvalue weighted by molar-refractivity contribution is 7.13. The van der Waals surface area contributed by atoms with Crippen molar-refractivity contribution in [2.75, 3.05) is 5.32 Å². The molecule has 0 aliphatic carbocycles. The molecule has 0 bridgehead atoms. The molecule has 1 aromatic carbocycles. The van der Waals surface area contributed by atoms with Crippen molar-refractivity contribution in [2.24, 2.45) is 0 Å². The van der Waals surface area contributed by atoms with Gasteiger partial charge >= 0.3 is 0 Å². The Labute approximate surface area is 130 Å². The molecule has 4 nitrogen and oxygen atoms in total. The van der Waals surface area contributed by atoms with Crippen LogP contribution in [0.3, 0.4) is 0 Å². The topological polar surface area (TPSA) is 55.1 Å². The molecule has 0 aliphatic heterocycles. The van der Waals surface area contributed by atoms with Crippen LogP contribution in [-0.2, 0) is 0 Å². The first-order valence-corrected chi connectivity index (χ1v) is 7.51. The largest absolute Gasteiger partial charge is 0.459 e. The predicted octanol–water partition coefficient (Wildman–Crippen LogP) is 4.41. The monoisotopic (exact) mass is 316 g/mol. The number of nitrogens with zero attached hydrogens (tertiary/aromatic N) is 1. The number of nitrogens with one attached hydrogen (secondary N) is 1. The molecule has 2 aromatic heterocycles. The van der Waals surface area contributed by atoms with Crippen LogP contribution in [0, 0.1) is 19.7 Å². The highest BCUT2D eigenvalue weighted by Crippen LogP contribution is 2.26. The summed E-state index contributed by atoms with van der Waals surface area (Å²) in [6.45, 7) is 3.58. The van der Waals surface area contributed by atoms with Crippen molar-refractivity contribution >= 4 is 22.9 Å². The first-order valence-electron chi connectivity index (χ1n) is 6.63. The third kappa shape index (κ3) is 2.92. The number of aryl methyl sites for hydroxylation is 2. The minimum absolute atomic E-state index is 0.303. The zero-order chi connectivity index (χ0) is 15.7. The normalized spacial score (nSPS) is 10.7. The average molecular weight is 316 g/mol. The summed E-state index contributed by atoms with van der Waals surface area (Å²) in [4.78, 5) is 16.5. The molecule has 0 fully saturated rings. The van der Waals surface area contributed by atoms with Gasteiger partial charge in [-0.1, -0.05) is 0 Å². The zero-order valence-electron chi connectivity index (χ0n) is 12.0. The van der Waals surface area contributed by atoms with Crippen molar-refractivity contribution < 1.29 is 13.6 Å². The highest BCUT2D eigenvalue weighted by Gasteiger charge is 2.14. The van der Waals surface area contributed by atoms with E-state index in [1.165, 1.54) is 29.5 Å². The van der Waals surface area contributed by atoms with E-state index in [1.54, 1.807) is 12.3 Å². The van der Waals surface area contributed by atoms with E-state index in [1.807, 2.05) is 19.1 Å². The molecule has 6 heteroatoms. The number of benzene rings is 1. The van der Waals surface area contributed by atoms with Crippen LogP contribution in [0.4, 0.5) is 10.1 Å². The van der Waals surface area contributed by atoms with E-state index in [0.29, 0.717) is 27.7 Å². The van der Waals surface area contributed by atoms with Gasteiger partial charge in [-0.2, -0.15) is 0 Å². The van der Waals surface area contributed by atoms with Gasteiger partial charge in [-0.15, -0.1) is 11.3 Å². The van der Waals surface area contributed by atoms with Gasteiger partial charge in [0.25, 0.3) is 5.91 Å². The van der Waals surface area contributed by atoms with E-state index >= 15 is 0 Å². The predicted molar refractivity (Wildman–Crippen MR) is 83.6 cm³/mol. The van der Waals surface area contributed by atoms with Crippen LogP contribution in [-0.4, -0.2) is 10.9 Å². The number of furan rings is 1. The van der Waals surface area contributed by atoms with E-state index in [0.717, 1.165) is 5.76 Å². The molecule has 1 amide bonds. The summed E-state index contributed by atoms with van der Waals surface area (Å²) >= 11 is 1.34. The third-order valence-corrected chi connectivity index (χ3v) is 3.98. The molecule has 2 heterocycles. The minimum atomic E-state index is -0.334. The number of carbonyl (C=O) groups excluding carboxylic acids is 1. The Hall–Kier alpha value is -2.47. The lowest BCUT2D eigenvalue weighted by Crippen LogP contribution is -2.13. The van der Waals surface area contributed by atoms with Crippen molar-refractivity contribution in [2.45, 2.75) is 13.8 Å². The Morgan fingerprint density at radius 2 is 2.09 bits per heavy atom. The SMILES string of the molecule is Cc1ccc(-c2nc(C(=O)Nc3ccc(F)cc3C)cs2)o1. The fourth-order valence-corrected chi connectivity index (χ4v) is 2.75. The second-order valence-electron chi connectivity index (χ2n) is 4.86. The van der Waals surface area contributed by atoms with Crippen molar-refractivity contribution in [3.8, 4) is 10.8 Å². The van der Waals surface area contributed by atoms with Crippen molar-refractivity contribution in [3.63, 3.8) is 0 Å². The number of amides is 1. The summed E-state index contributed by atoms with van der Waals surface area (Å²) in [5.74, 6) is 0.762. The molecule has 0 radical (unpaired) electrons. The Morgan fingerprint density at radius 1 is 1.27 bits per heavy atom. The number of aromatic nitrogens is 1. The minimum Gasteiger partial charge on any atom is -0.459 e. The number of anilines is 1. The molecule has 3 aromatic rings. The smallest absolute Gasteiger partial charge is 0.275 e. The lowest BCUT2D eigenvalue weighted by Gasteiger charge is -2.06. The van der Waals surface area contributed by atoms with Gasteiger partial charge in [0, 0.05) is 11.1 Å². The van der Waals surface area contributed by atoms with Crippen molar-refractivity contribution in [1.82, 2.24) is 4.98 Å². The van der Waals surface area contributed by atoms with Gasteiger partial charge in [-0.3, -0.25) is 4.79 Å². The van der Waals surface area contributed by atoms with Crippen LogP contribution in [0.1, 0.15) is 21.8 Å². The summed E-state index contributed by atoms with van der Waals surface area (Å²) in [5.41, 5.74) is 1.53. The van der Waals surface area contributed by atoms with Crippen molar-refractivity contribution in [3.05, 3.63) is 58.5 Å². The maximum absolute atomic E-state index is 13.1. The second-order valence-corrected chi connectivity index (χ2v) is 5.72.